The van der Waals surface area contributed by atoms with Gasteiger partial charge in [-0.25, -0.2) is 0 Å². The molecule has 0 saturated carbocycles. The first-order valence-corrected chi connectivity index (χ1v) is 6.70. The van der Waals surface area contributed by atoms with Crippen molar-refractivity contribution in [2.75, 3.05) is 11.9 Å². The van der Waals surface area contributed by atoms with Gasteiger partial charge in [0, 0.05) is 29.4 Å². The fourth-order valence-corrected chi connectivity index (χ4v) is 2.36. The quantitative estimate of drug-likeness (QED) is 0.929. The third-order valence-corrected chi connectivity index (χ3v) is 3.54. The fourth-order valence-electron chi connectivity index (χ4n) is 1.95. The second kappa shape index (κ2) is 5.55. The summed E-state index contributed by atoms with van der Waals surface area (Å²) in [6.07, 6.45) is 0. The van der Waals surface area contributed by atoms with Crippen molar-refractivity contribution >= 4 is 27.3 Å². The third kappa shape index (κ3) is 2.74. The summed E-state index contributed by atoms with van der Waals surface area (Å²) in [5, 5.41) is 0. The Morgan fingerprint density at radius 3 is 2.39 bits per heavy atom. The lowest BCUT2D eigenvalue weighted by atomic mass is 10.1. The molecule has 0 aliphatic carbocycles. The zero-order chi connectivity index (χ0) is 13.1. The van der Waals surface area contributed by atoms with Gasteiger partial charge in [0.1, 0.15) is 0 Å². The summed E-state index contributed by atoms with van der Waals surface area (Å²) < 4.78 is 1.06. The molecular weight excluding hydrogens is 288 g/mol. The highest BCUT2D eigenvalue weighted by molar-refractivity contribution is 9.10. The molecule has 0 atom stereocenters. The second-order valence-electron chi connectivity index (χ2n) is 4.37. The molecule has 0 aliphatic heterocycles. The van der Waals surface area contributed by atoms with Gasteiger partial charge in [0.2, 0.25) is 0 Å². The standard InChI is InChI=1S/C15H17BrN2/c1-11-3-6-14(7-4-11)18(2)15-8-5-13(16)9-12(15)10-17/h3-9H,10,17H2,1-2H3. The van der Waals surface area contributed by atoms with Gasteiger partial charge in [-0.1, -0.05) is 33.6 Å². The average Bonchev–Trinajstić information content (AvgIpc) is 2.38. The van der Waals surface area contributed by atoms with Crippen molar-refractivity contribution < 1.29 is 0 Å². The van der Waals surface area contributed by atoms with Crippen LogP contribution in [0.5, 0.6) is 0 Å². The van der Waals surface area contributed by atoms with Crippen LogP contribution in [0.1, 0.15) is 11.1 Å². The van der Waals surface area contributed by atoms with Crippen molar-refractivity contribution in [1.82, 2.24) is 0 Å². The van der Waals surface area contributed by atoms with E-state index < -0.39 is 0 Å². The van der Waals surface area contributed by atoms with Gasteiger partial charge in [-0.3, -0.25) is 0 Å². The second-order valence-corrected chi connectivity index (χ2v) is 5.29. The van der Waals surface area contributed by atoms with Crippen molar-refractivity contribution in [1.29, 1.82) is 0 Å². The Hall–Kier alpha value is -1.32. The van der Waals surface area contributed by atoms with Crippen molar-refractivity contribution in [3.05, 3.63) is 58.1 Å². The molecule has 0 bridgehead atoms. The van der Waals surface area contributed by atoms with Crippen molar-refractivity contribution in [2.45, 2.75) is 13.5 Å². The summed E-state index contributed by atoms with van der Waals surface area (Å²) in [6, 6.07) is 14.7. The topological polar surface area (TPSA) is 29.3 Å². The SMILES string of the molecule is Cc1ccc(N(C)c2ccc(Br)cc2CN)cc1. The predicted octanol–water partition coefficient (Wildman–Crippen LogP) is 3.98. The normalized spacial score (nSPS) is 10.4. The average molecular weight is 305 g/mol. The van der Waals surface area contributed by atoms with E-state index in [1.54, 1.807) is 0 Å². The molecule has 18 heavy (non-hydrogen) atoms. The van der Waals surface area contributed by atoms with Crippen LogP contribution < -0.4 is 10.6 Å². The van der Waals surface area contributed by atoms with E-state index in [9.17, 15) is 0 Å². The van der Waals surface area contributed by atoms with Gasteiger partial charge in [0.05, 0.1) is 0 Å². The zero-order valence-corrected chi connectivity index (χ0v) is 12.2. The molecule has 0 aliphatic rings. The van der Waals surface area contributed by atoms with E-state index >= 15 is 0 Å². The Bertz CT molecular complexity index is 535. The minimum absolute atomic E-state index is 0.533. The molecule has 2 nitrogen and oxygen atoms in total. The van der Waals surface area contributed by atoms with E-state index in [1.807, 2.05) is 6.07 Å². The lowest BCUT2D eigenvalue weighted by Crippen LogP contribution is -2.13. The molecule has 2 rings (SSSR count). The van der Waals surface area contributed by atoms with Crippen LogP contribution in [-0.2, 0) is 6.54 Å². The van der Waals surface area contributed by atoms with E-state index in [4.69, 9.17) is 5.73 Å². The van der Waals surface area contributed by atoms with Crippen LogP contribution in [0.4, 0.5) is 11.4 Å². The Balaban J connectivity index is 2.39. The molecule has 2 N–H and O–H groups in total. The minimum atomic E-state index is 0.533. The van der Waals surface area contributed by atoms with Crippen molar-refractivity contribution in [3.63, 3.8) is 0 Å². The molecule has 0 radical (unpaired) electrons. The maximum Gasteiger partial charge on any atom is 0.0454 e. The minimum Gasteiger partial charge on any atom is -0.344 e. The van der Waals surface area contributed by atoms with Crippen LogP contribution in [0.3, 0.4) is 0 Å². The first-order valence-electron chi connectivity index (χ1n) is 5.90. The first-order chi connectivity index (χ1) is 8.61. The maximum absolute atomic E-state index is 5.81. The molecule has 2 aromatic carbocycles. The van der Waals surface area contributed by atoms with Crippen molar-refractivity contribution in [3.8, 4) is 0 Å². The van der Waals surface area contributed by atoms with Crippen LogP contribution in [0, 0.1) is 6.92 Å². The largest absolute Gasteiger partial charge is 0.344 e. The highest BCUT2D eigenvalue weighted by Gasteiger charge is 2.08. The number of halogens is 1. The van der Waals surface area contributed by atoms with Gasteiger partial charge in [0.25, 0.3) is 0 Å². The molecule has 0 fully saturated rings. The zero-order valence-electron chi connectivity index (χ0n) is 10.7. The molecule has 0 spiro atoms. The number of hydrogen-bond acceptors (Lipinski definition) is 2. The lowest BCUT2D eigenvalue weighted by molar-refractivity contribution is 1.04. The Morgan fingerprint density at radius 2 is 1.78 bits per heavy atom. The van der Waals surface area contributed by atoms with Gasteiger partial charge in [0.15, 0.2) is 0 Å². The summed E-state index contributed by atoms with van der Waals surface area (Å²) >= 11 is 3.48. The smallest absolute Gasteiger partial charge is 0.0454 e. The van der Waals surface area contributed by atoms with Gasteiger partial charge >= 0.3 is 0 Å². The highest BCUT2D eigenvalue weighted by Crippen LogP contribution is 2.29. The van der Waals surface area contributed by atoms with Gasteiger partial charge in [-0.15, -0.1) is 0 Å². The van der Waals surface area contributed by atoms with Crippen LogP contribution in [0.25, 0.3) is 0 Å². The number of hydrogen-bond donors (Lipinski definition) is 1. The summed E-state index contributed by atoms with van der Waals surface area (Å²) in [6.45, 7) is 2.62. The van der Waals surface area contributed by atoms with Crippen LogP contribution >= 0.6 is 15.9 Å². The fraction of sp³-hybridized carbons (Fsp3) is 0.200. The highest BCUT2D eigenvalue weighted by atomic mass is 79.9. The van der Waals surface area contributed by atoms with E-state index in [1.165, 1.54) is 5.56 Å². The predicted molar refractivity (Wildman–Crippen MR) is 81.3 cm³/mol. The monoisotopic (exact) mass is 304 g/mol. The molecule has 0 heterocycles. The molecule has 0 aromatic heterocycles. The number of benzene rings is 2. The lowest BCUT2D eigenvalue weighted by Gasteiger charge is -2.22. The van der Waals surface area contributed by atoms with Crippen LogP contribution in [-0.4, -0.2) is 7.05 Å². The Kier molecular flexibility index (Phi) is 4.04. The number of nitrogens with zero attached hydrogens (tertiary/aromatic N) is 1. The van der Waals surface area contributed by atoms with Crippen LogP contribution in [0.2, 0.25) is 0 Å². The van der Waals surface area contributed by atoms with E-state index in [0.29, 0.717) is 6.54 Å². The Morgan fingerprint density at radius 1 is 1.11 bits per heavy atom. The van der Waals surface area contributed by atoms with Crippen molar-refractivity contribution in [2.24, 2.45) is 5.73 Å². The third-order valence-electron chi connectivity index (χ3n) is 3.04. The number of anilines is 2. The van der Waals surface area contributed by atoms with E-state index in [-0.39, 0.29) is 0 Å². The first kappa shape index (κ1) is 13.1. The summed E-state index contributed by atoms with van der Waals surface area (Å²) in [5.41, 5.74) is 10.5. The van der Waals surface area contributed by atoms with Crippen LogP contribution in [0.15, 0.2) is 46.9 Å². The molecular formula is C15H17BrN2. The number of nitrogens with two attached hydrogens (primary N) is 1. The van der Waals surface area contributed by atoms with Gasteiger partial charge in [-0.05, 0) is 42.8 Å². The maximum atomic E-state index is 5.81. The van der Waals surface area contributed by atoms with Gasteiger partial charge < -0.3 is 10.6 Å². The summed E-state index contributed by atoms with van der Waals surface area (Å²) in [7, 11) is 2.06. The van der Waals surface area contributed by atoms with Gasteiger partial charge in [-0.2, -0.15) is 0 Å². The molecule has 0 unspecified atom stereocenters. The summed E-state index contributed by atoms with van der Waals surface area (Å²) in [4.78, 5) is 2.16. The Labute approximate surface area is 117 Å². The number of rotatable bonds is 3. The molecule has 0 amide bonds. The van der Waals surface area contributed by atoms with E-state index in [0.717, 1.165) is 21.4 Å². The molecule has 94 valence electrons. The van der Waals surface area contributed by atoms with E-state index in [2.05, 4.69) is 71.2 Å². The number of aryl methyl sites for hydroxylation is 1. The summed E-state index contributed by atoms with van der Waals surface area (Å²) in [5.74, 6) is 0. The molecule has 0 saturated heterocycles. The molecule has 2 aromatic rings. The molecule has 3 heteroatoms.